The molecule has 0 radical (unpaired) electrons. The van der Waals surface area contributed by atoms with E-state index in [-0.39, 0.29) is 18.6 Å². The van der Waals surface area contributed by atoms with E-state index in [1.54, 1.807) is 13.8 Å². The number of rotatable bonds is 10. The standard InChI is InChI=1S/C14H29NO3/c1-4-5-6-7-8-9-13(17)12(3)14(18)15-11(2)10-16/h11-13,16-17H,4-10H2,1-3H3,(H,15,18)/t11-,12+,13+/m0/s1. The highest BCUT2D eigenvalue weighted by atomic mass is 16.3. The van der Waals surface area contributed by atoms with Crippen LogP contribution in [0, 0.1) is 5.92 Å². The highest BCUT2D eigenvalue weighted by Crippen LogP contribution is 2.13. The molecular weight excluding hydrogens is 230 g/mol. The first-order chi connectivity index (χ1) is 8.52. The molecule has 0 aromatic carbocycles. The summed E-state index contributed by atoms with van der Waals surface area (Å²) in [5.41, 5.74) is 0. The summed E-state index contributed by atoms with van der Waals surface area (Å²) >= 11 is 0. The second-order valence-electron chi connectivity index (χ2n) is 5.15. The van der Waals surface area contributed by atoms with Crippen molar-refractivity contribution in [3.05, 3.63) is 0 Å². The zero-order chi connectivity index (χ0) is 14.0. The first-order valence-corrected chi connectivity index (χ1v) is 7.12. The molecule has 0 saturated carbocycles. The van der Waals surface area contributed by atoms with Gasteiger partial charge in [-0.1, -0.05) is 46.0 Å². The molecule has 1 amide bonds. The van der Waals surface area contributed by atoms with Crippen molar-refractivity contribution in [2.45, 2.75) is 71.4 Å². The van der Waals surface area contributed by atoms with Crippen LogP contribution >= 0.6 is 0 Å². The monoisotopic (exact) mass is 259 g/mol. The van der Waals surface area contributed by atoms with Gasteiger partial charge in [-0.3, -0.25) is 4.79 Å². The van der Waals surface area contributed by atoms with Gasteiger partial charge >= 0.3 is 0 Å². The van der Waals surface area contributed by atoms with Gasteiger partial charge in [0.05, 0.1) is 18.6 Å². The number of amides is 1. The Labute approximate surface area is 111 Å². The van der Waals surface area contributed by atoms with Gasteiger partial charge in [-0.05, 0) is 13.3 Å². The van der Waals surface area contributed by atoms with Crippen molar-refractivity contribution < 1.29 is 15.0 Å². The summed E-state index contributed by atoms with van der Waals surface area (Å²) in [6.07, 6.45) is 5.82. The molecule has 0 aliphatic carbocycles. The van der Waals surface area contributed by atoms with E-state index in [1.807, 2.05) is 0 Å². The summed E-state index contributed by atoms with van der Waals surface area (Å²) < 4.78 is 0. The molecule has 3 N–H and O–H groups in total. The van der Waals surface area contributed by atoms with Gasteiger partial charge in [-0.15, -0.1) is 0 Å². The first kappa shape index (κ1) is 17.4. The van der Waals surface area contributed by atoms with Crippen molar-refractivity contribution in [2.24, 2.45) is 5.92 Å². The average Bonchev–Trinajstić information content (AvgIpc) is 2.36. The van der Waals surface area contributed by atoms with Crippen molar-refractivity contribution in [2.75, 3.05) is 6.61 Å². The summed E-state index contributed by atoms with van der Waals surface area (Å²) in [5.74, 6) is -0.595. The largest absolute Gasteiger partial charge is 0.394 e. The van der Waals surface area contributed by atoms with Crippen LogP contribution in [0.2, 0.25) is 0 Å². The molecule has 0 rings (SSSR count). The maximum Gasteiger partial charge on any atom is 0.225 e. The van der Waals surface area contributed by atoms with E-state index in [2.05, 4.69) is 12.2 Å². The van der Waals surface area contributed by atoms with Crippen LogP contribution in [0.25, 0.3) is 0 Å². The number of hydrogen-bond acceptors (Lipinski definition) is 3. The molecule has 0 unspecified atom stereocenters. The first-order valence-electron chi connectivity index (χ1n) is 7.12. The highest BCUT2D eigenvalue weighted by Gasteiger charge is 2.22. The predicted molar refractivity (Wildman–Crippen MR) is 73.2 cm³/mol. The van der Waals surface area contributed by atoms with Crippen LogP contribution < -0.4 is 5.32 Å². The van der Waals surface area contributed by atoms with Gasteiger partial charge in [-0.25, -0.2) is 0 Å². The fourth-order valence-corrected chi connectivity index (χ4v) is 1.80. The van der Waals surface area contributed by atoms with Crippen LogP contribution in [-0.4, -0.2) is 34.9 Å². The molecule has 0 aliphatic heterocycles. The van der Waals surface area contributed by atoms with E-state index in [0.29, 0.717) is 6.42 Å². The van der Waals surface area contributed by atoms with Crippen LogP contribution in [0.5, 0.6) is 0 Å². The van der Waals surface area contributed by atoms with Crippen molar-refractivity contribution in [3.8, 4) is 0 Å². The van der Waals surface area contributed by atoms with E-state index < -0.39 is 12.0 Å². The number of aliphatic hydroxyl groups excluding tert-OH is 2. The second kappa shape index (κ2) is 10.3. The van der Waals surface area contributed by atoms with Gasteiger partial charge in [0, 0.05) is 6.04 Å². The number of nitrogens with one attached hydrogen (secondary N) is 1. The lowest BCUT2D eigenvalue weighted by Crippen LogP contribution is -2.42. The molecule has 0 heterocycles. The zero-order valence-electron chi connectivity index (χ0n) is 12.0. The molecule has 3 atom stereocenters. The Morgan fingerprint density at radius 1 is 1.17 bits per heavy atom. The topological polar surface area (TPSA) is 69.6 Å². The quantitative estimate of drug-likeness (QED) is 0.524. The van der Waals surface area contributed by atoms with Crippen LogP contribution in [-0.2, 0) is 4.79 Å². The smallest absolute Gasteiger partial charge is 0.225 e. The maximum atomic E-state index is 11.7. The Balaban J connectivity index is 3.80. The number of aliphatic hydroxyl groups is 2. The summed E-state index contributed by atoms with van der Waals surface area (Å²) in [6.45, 7) is 5.56. The Bertz CT molecular complexity index is 221. The molecule has 0 aliphatic rings. The van der Waals surface area contributed by atoms with E-state index >= 15 is 0 Å². The van der Waals surface area contributed by atoms with Gasteiger partial charge in [0.2, 0.25) is 5.91 Å². The second-order valence-corrected chi connectivity index (χ2v) is 5.15. The molecule has 4 nitrogen and oxygen atoms in total. The van der Waals surface area contributed by atoms with Crippen molar-refractivity contribution in [3.63, 3.8) is 0 Å². The Hall–Kier alpha value is -0.610. The van der Waals surface area contributed by atoms with Gasteiger partial charge in [0.1, 0.15) is 0 Å². The lowest BCUT2D eigenvalue weighted by molar-refractivity contribution is -0.128. The van der Waals surface area contributed by atoms with Crippen molar-refractivity contribution in [1.29, 1.82) is 0 Å². The molecule has 0 saturated heterocycles. The summed E-state index contributed by atoms with van der Waals surface area (Å²) in [4.78, 5) is 11.7. The minimum atomic E-state index is -0.586. The molecule has 18 heavy (non-hydrogen) atoms. The van der Waals surface area contributed by atoms with Crippen molar-refractivity contribution >= 4 is 5.91 Å². The minimum absolute atomic E-state index is 0.0778. The molecule has 0 fully saturated rings. The molecule has 0 aromatic heterocycles. The third kappa shape index (κ3) is 7.67. The lowest BCUT2D eigenvalue weighted by Gasteiger charge is -2.20. The molecule has 0 spiro atoms. The fraction of sp³-hybridized carbons (Fsp3) is 0.929. The third-order valence-electron chi connectivity index (χ3n) is 3.26. The van der Waals surface area contributed by atoms with E-state index in [9.17, 15) is 9.90 Å². The van der Waals surface area contributed by atoms with Crippen LogP contribution in [0.15, 0.2) is 0 Å². The predicted octanol–water partition coefficient (Wildman–Crippen LogP) is 1.84. The number of unbranched alkanes of at least 4 members (excludes halogenated alkanes) is 4. The van der Waals surface area contributed by atoms with Crippen LogP contribution in [0.4, 0.5) is 0 Å². The van der Waals surface area contributed by atoms with Crippen molar-refractivity contribution in [1.82, 2.24) is 5.32 Å². The maximum absolute atomic E-state index is 11.7. The van der Waals surface area contributed by atoms with Gasteiger partial charge in [-0.2, -0.15) is 0 Å². The van der Waals surface area contributed by atoms with E-state index in [4.69, 9.17) is 5.11 Å². The number of hydrogen-bond donors (Lipinski definition) is 3. The molecular formula is C14H29NO3. The van der Waals surface area contributed by atoms with Gasteiger partial charge in [0.25, 0.3) is 0 Å². The SMILES string of the molecule is CCCCCCC[C@@H](O)[C@@H](C)C(=O)N[C@@H](C)CO. The number of carbonyl (C=O) groups excluding carboxylic acids is 1. The molecule has 4 heteroatoms. The molecule has 108 valence electrons. The lowest BCUT2D eigenvalue weighted by atomic mass is 9.97. The van der Waals surface area contributed by atoms with Gasteiger partial charge in [0.15, 0.2) is 0 Å². The highest BCUT2D eigenvalue weighted by molar-refractivity contribution is 5.79. The average molecular weight is 259 g/mol. The Morgan fingerprint density at radius 3 is 2.33 bits per heavy atom. The van der Waals surface area contributed by atoms with Gasteiger partial charge < -0.3 is 15.5 Å². The fourth-order valence-electron chi connectivity index (χ4n) is 1.80. The van der Waals surface area contributed by atoms with Crippen LogP contribution in [0.3, 0.4) is 0 Å². The van der Waals surface area contributed by atoms with Crippen LogP contribution in [0.1, 0.15) is 59.3 Å². The Kier molecular flexibility index (Phi) is 9.98. The third-order valence-corrected chi connectivity index (χ3v) is 3.26. The van der Waals surface area contributed by atoms with E-state index in [1.165, 1.54) is 19.3 Å². The number of carbonyl (C=O) groups is 1. The normalized spacial score (nSPS) is 16.1. The molecule has 0 bridgehead atoms. The van der Waals surface area contributed by atoms with E-state index in [0.717, 1.165) is 12.8 Å². The minimum Gasteiger partial charge on any atom is -0.394 e. The summed E-state index contributed by atoms with van der Waals surface area (Å²) in [7, 11) is 0. The molecule has 0 aromatic rings. The zero-order valence-corrected chi connectivity index (χ0v) is 12.0. The Morgan fingerprint density at radius 2 is 1.78 bits per heavy atom. The summed E-state index contributed by atoms with van der Waals surface area (Å²) in [6, 6.07) is -0.253. The summed E-state index contributed by atoms with van der Waals surface area (Å²) in [5, 5.41) is 21.4.